The van der Waals surface area contributed by atoms with Gasteiger partial charge >= 0.3 is 12.0 Å². The van der Waals surface area contributed by atoms with Crippen molar-refractivity contribution in [1.29, 1.82) is 0 Å². The Bertz CT molecular complexity index is 233. The first-order chi connectivity index (χ1) is 8.02. The lowest BCUT2D eigenvalue weighted by molar-refractivity contribution is -0.144. The average Bonchev–Trinajstić information content (AvgIpc) is 2.22. The van der Waals surface area contributed by atoms with Crippen LogP contribution in [0.2, 0.25) is 0 Å². The largest absolute Gasteiger partial charge is 0.479 e. The van der Waals surface area contributed by atoms with E-state index >= 15 is 0 Å². The zero-order valence-corrected chi connectivity index (χ0v) is 10.2. The van der Waals surface area contributed by atoms with Gasteiger partial charge in [0.25, 0.3) is 0 Å². The van der Waals surface area contributed by atoms with Crippen LogP contribution >= 0.6 is 0 Å². The zero-order chi connectivity index (χ0) is 13.1. The summed E-state index contributed by atoms with van der Waals surface area (Å²) in [6.07, 6.45) is 0.694. The molecule has 0 saturated carbocycles. The van der Waals surface area contributed by atoms with Crippen molar-refractivity contribution in [2.24, 2.45) is 5.92 Å². The van der Waals surface area contributed by atoms with Crippen molar-refractivity contribution in [2.45, 2.75) is 20.3 Å². The highest BCUT2D eigenvalue weighted by atomic mass is 16.7. The number of ether oxygens (including phenoxy) is 1. The van der Waals surface area contributed by atoms with Crippen LogP contribution in [0.3, 0.4) is 0 Å². The molecule has 7 heteroatoms. The number of amides is 2. The van der Waals surface area contributed by atoms with E-state index in [1.807, 2.05) is 5.48 Å². The molecule has 17 heavy (non-hydrogen) atoms. The molecule has 0 fully saturated rings. The molecule has 3 N–H and O–H groups in total. The van der Waals surface area contributed by atoms with Gasteiger partial charge in [0, 0.05) is 19.8 Å². The second kappa shape index (κ2) is 9.86. The summed E-state index contributed by atoms with van der Waals surface area (Å²) in [5.74, 6) is -0.650. The fourth-order valence-corrected chi connectivity index (χ4v) is 0.895. The first-order valence-corrected chi connectivity index (χ1v) is 5.47. The number of carbonyl (C=O) groups excluding carboxylic acids is 1. The summed E-state index contributed by atoms with van der Waals surface area (Å²) in [7, 11) is 0. The SMILES string of the molecule is CC(C)COCCCNC(=O)NOCC(=O)O. The summed E-state index contributed by atoms with van der Waals surface area (Å²) >= 11 is 0. The van der Waals surface area contributed by atoms with Crippen LogP contribution in [0.15, 0.2) is 0 Å². The average molecular weight is 248 g/mol. The van der Waals surface area contributed by atoms with Crippen molar-refractivity contribution >= 4 is 12.0 Å². The van der Waals surface area contributed by atoms with Gasteiger partial charge in [-0.05, 0) is 12.3 Å². The van der Waals surface area contributed by atoms with Crippen LogP contribution in [0.1, 0.15) is 20.3 Å². The van der Waals surface area contributed by atoms with Gasteiger partial charge in [-0.2, -0.15) is 0 Å². The summed E-state index contributed by atoms with van der Waals surface area (Å²) in [6, 6.07) is -0.560. The Morgan fingerprint density at radius 2 is 2.06 bits per heavy atom. The van der Waals surface area contributed by atoms with E-state index in [0.717, 1.165) is 0 Å². The normalized spacial score (nSPS) is 10.3. The smallest absolute Gasteiger partial charge is 0.338 e. The highest BCUT2D eigenvalue weighted by molar-refractivity contribution is 5.73. The van der Waals surface area contributed by atoms with Gasteiger partial charge in [-0.25, -0.2) is 15.1 Å². The van der Waals surface area contributed by atoms with Gasteiger partial charge in [0.1, 0.15) is 0 Å². The molecular formula is C10H20N2O5. The minimum atomic E-state index is -1.15. The lowest BCUT2D eigenvalue weighted by Gasteiger charge is -2.08. The van der Waals surface area contributed by atoms with Gasteiger partial charge < -0.3 is 15.2 Å². The van der Waals surface area contributed by atoms with Crippen molar-refractivity contribution in [2.75, 3.05) is 26.4 Å². The molecule has 0 radical (unpaired) electrons. The van der Waals surface area contributed by atoms with E-state index in [2.05, 4.69) is 24.0 Å². The quantitative estimate of drug-likeness (QED) is 0.404. The molecule has 0 atom stereocenters. The van der Waals surface area contributed by atoms with Gasteiger partial charge in [0.15, 0.2) is 6.61 Å². The predicted molar refractivity (Wildman–Crippen MR) is 60.4 cm³/mol. The lowest BCUT2D eigenvalue weighted by Crippen LogP contribution is -2.37. The van der Waals surface area contributed by atoms with Crippen molar-refractivity contribution in [3.05, 3.63) is 0 Å². The molecule has 0 heterocycles. The second-order valence-corrected chi connectivity index (χ2v) is 3.86. The van der Waals surface area contributed by atoms with Crippen molar-refractivity contribution in [3.8, 4) is 0 Å². The number of nitrogens with one attached hydrogen (secondary N) is 2. The third-order valence-corrected chi connectivity index (χ3v) is 1.56. The summed E-state index contributed by atoms with van der Waals surface area (Å²) in [4.78, 5) is 25.4. The Hall–Kier alpha value is -1.34. The number of hydroxylamine groups is 1. The maximum atomic E-state index is 11.0. The Balaban J connectivity index is 3.25. The molecular weight excluding hydrogens is 228 g/mol. The number of carboxylic acid groups (broad SMARTS) is 1. The highest BCUT2D eigenvalue weighted by Crippen LogP contribution is 1.92. The third-order valence-electron chi connectivity index (χ3n) is 1.56. The molecule has 2 amide bonds. The zero-order valence-electron chi connectivity index (χ0n) is 10.2. The molecule has 0 aromatic rings. The van der Waals surface area contributed by atoms with Crippen LogP contribution in [0.4, 0.5) is 4.79 Å². The maximum absolute atomic E-state index is 11.0. The van der Waals surface area contributed by atoms with Crippen LogP contribution in [-0.2, 0) is 14.4 Å². The fraction of sp³-hybridized carbons (Fsp3) is 0.800. The Kier molecular flexibility index (Phi) is 9.08. The molecule has 0 saturated heterocycles. The predicted octanol–water partition coefficient (Wildman–Crippen LogP) is 0.365. The van der Waals surface area contributed by atoms with Crippen molar-refractivity contribution < 1.29 is 24.3 Å². The van der Waals surface area contributed by atoms with E-state index in [4.69, 9.17) is 9.84 Å². The topological polar surface area (TPSA) is 96.9 Å². The molecule has 0 bridgehead atoms. The molecule has 0 aromatic heterocycles. The van der Waals surface area contributed by atoms with Crippen LogP contribution in [0, 0.1) is 5.92 Å². The summed E-state index contributed by atoms with van der Waals surface area (Å²) in [5.41, 5.74) is 1.95. The van der Waals surface area contributed by atoms with Gasteiger partial charge in [-0.3, -0.25) is 4.84 Å². The fourth-order valence-electron chi connectivity index (χ4n) is 0.895. The number of urea groups is 1. The van der Waals surface area contributed by atoms with Crippen LogP contribution in [0.5, 0.6) is 0 Å². The summed E-state index contributed by atoms with van der Waals surface area (Å²) in [6.45, 7) is 5.28. The van der Waals surface area contributed by atoms with Gasteiger partial charge in [-0.1, -0.05) is 13.8 Å². The lowest BCUT2D eigenvalue weighted by atomic mass is 10.2. The Morgan fingerprint density at radius 1 is 1.35 bits per heavy atom. The van der Waals surface area contributed by atoms with E-state index in [0.29, 0.717) is 32.1 Å². The molecule has 0 unspecified atom stereocenters. The number of carbonyl (C=O) groups is 2. The van der Waals surface area contributed by atoms with E-state index in [1.54, 1.807) is 0 Å². The highest BCUT2D eigenvalue weighted by Gasteiger charge is 2.01. The van der Waals surface area contributed by atoms with Crippen LogP contribution in [-0.4, -0.2) is 43.5 Å². The first-order valence-electron chi connectivity index (χ1n) is 5.47. The second-order valence-electron chi connectivity index (χ2n) is 3.86. The summed E-state index contributed by atoms with van der Waals surface area (Å²) in [5, 5.41) is 10.7. The number of carboxylic acids is 1. The standard InChI is InChI=1S/C10H20N2O5/c1-8(2)6-16-5-3-4-11-10(15)12-17-7-9(13)14/h8H,3-7H2,1-2H3,(H,13,14)(H2,11,12,15). The van der Waals surface area contributed by atoms with E-state index in [9.17, 15) is 9.59 Å². The van der Waals surface area contributed by atoms with Crippen molar-refractivity contribution in [3.63, 3.8) is 0 Å². The summed E-state index contributed by atoms with van der Waals surface area (Å²) < 4.78 is 5.31. The maximum Gasteiger partial charge on any atom is 0.338 e. The Morgan fingerprint density at radius 3 is 2.65 bits per heavy atom. The number of hydrogen-bond acceptors (Lipinski definition) is 4. The third kappa shape index (κ3) is 12.6. The molecule has 0 aliphatic heterocycles. The van der Waals surface area contributed by atoms with Crippen LogP contribution in [0.25, 0.3) is 0 Å². The molecule has 0 rings (SSSR count). The monoisotopic (exact) mass is 248 g/mol. The molecule has 7 nitrogen and oxygen atoms in total. The van der Waals surface area contributed by atoms with Gasteiger partial charge in [0.05, 0.1) is 0 Å². The van der Waals surface area contributed by atoms with Gasteiger partial charge in [0.2, 0.25) is 0 Å². The molecule has 100 valence electrons. The Labute approximate surface area is 100 Å². The van der Waals surface area contributed by atoms with Gasteiger partial charge in [-0.15, -0.1) is 0 Å². The van der Waals surface area contributed by atoms with E-state index in [-0.39, 0.29) is 0 Å². The molecule has 0 aliphatic rings. The number of aliphatic carboxylic acids is 1. The molecule has 0 aliphatic carbocycles. The first kappa shape index (κ1) is 15.7. The van der Waals surface area contributed by atoms with Crippen molar-refractivity contribution in [1.82, 2.24) is 10.8 Å². The van der Waals surface area contributed by atoms with E-state index in [1.165, 1.54) is 0 Å². The minimum absolute atomic E-state index is 0.445. The minimum Gasteiger partial charge on any atom is -0.479 e. The molecule has 0 aromatic carbocycles. The van der Waals surface area contributed by atoms with E-state index < -0.39 is 18.6 Å². The molecule has 0 spiro atoms. The van der Waals surface area contributed by atoms with Crippen LogP contribution < -0.4 is 10.8 Å². The number of hydrogen-bond donors (Lipinski definition) is 3. The number of rotatable bonds is 9.